The van der Waals surface area contributed by atoms with Gasteiger partial charge in [0.1, 0.15) is 17.2 Å². The van der Waals surface area contributed by atoms with E-state index < -0.39 is 17.5 Å². The van der Waals surface area contributed by atoms with E-state index in [-0.39, 0.29) is 13.2 Å². The fraction of sp³-hybridized carbons (Fsp3) is 0.300. The Morgan fingerprint density at radius 2 is 1.23 bits per heavy atom. The molecule has 0 aliphatic rings. The van der Waals surface area contributed by atoms with Gasteiger partial charge in [0.15, 0.2) is 0 Å². The molecule has 6 nitrogen and oxygen atoms in total. The van der Waals surface area contributed by atoms with E-state index in [4.69, 9.17) is 18.9 Å². The normalized spacial score (nSPS) is 10.7. The monoisotopic (exact) mass is 358 g/mol. The molecule has 6 heteroatoms. The third-order valence-electron chi connectivity index (χ3n) is 3.45. The lowest BCUT2D eigenvalue weighted by Gasteiger charge is -2.26. The molecule has 26 heavy (non-hydrogen) atoms. The molecule has 2 rings (SSSR count). The molecular formula is C20H22O6. The maximum Gasteiger partial charge on any atom is 0.362 e. The Morgan fingerprint density at radius 3 is 1.73 bits per heavy atom. The van der Waals surface area contributed by atoms with Crippen LogP contribution in [0.4, 0.5) is 0 Å². The van der Waals surface area contributed by atoms with Gasteiger partial charge in [0.2, 0.25) is 0 Å². The van der Waals surface area contributed by atoms with Crippen molar-refractivity contribution >= 4 is 11.9 Å². The van der Waals surface area contributed by atoms with Gasteiger partial charge in [-0.05, 0) is 57.2 Å². The number of benzene rings is 2. The first-order valence-corrected chi connectivity index (χ1v) is 8.36. The van der Waals surface area contributed by atoms with Crippen LogP contribution in [0.1, 0.15) is 20.8 Å². The Kier molecular flexibility index (Phi) is 6.60. The van der Waals surface area contributed by atoms with Gasteiger partial charge in [0.05, 0.1) is 13.2 Å². The molecule has 0 spiro atoms. The van der Waals surface area contributed by atoms with Gasteiger partial charge in [-0.1, -0.05) is 18.2 Å². The van der Waals surface area contributed by atoms with Crippen LogP contribution in [-0.2, 0) is 19.1 Å². The number of para-hydroxylation sites is 1. The number of hydrogen-bond donors (Lipinski definition) is 0. The van der Waals surface area contributed by atoms with Crippen molar-refractivity contribution in [1.82, 2.24) is 0 Å². The molecule has 0 saturated heterocycles. The average Bonchev–Trinajstić information content (AvgIpc) is 2.64. The first-order valence-electron chi connectivity index (χ1n) is 8.36. The smallest absolute Gasteiger partial charge is 0.362 e. The summed E-state index contributed by atoms with van der Waals surface area (Å²) < 4.78 is 21.2. The van der Waals surface area contributed by atoms with Crippen LogP contribution in [-0.4, -0.2) is 30.8 Å². The maximum absolute atomic E-state index is 12.2. The van der Waals surface area contributed by atoms with Crippen LogP contribution in [0.5, 0.6) is 17.2 Å². The molecule has 0 aliphatic carbocycles. The van der Waals surface area contributed by atoms with Crippen LogP contribution in [0.2, 0.25) is 0 Å². The second-order valence-corrected chi connectivity index (χ2v) is 5.46. The Balaban J connectivity index is 2.15. The van der Waals surface area contributed by atoms with E-state index in [1.54, 1.807) is 38.1 Å². The lowest BCUT2D eigenvalue weighted by atomic mass is 10.1. The minimum absolute atomic E-state index is 0.126. The van der Waals surface area contributed by atoms with Crippen molar-refractivity contribution in [2.75, 3.05) is 13.2 Å². The molecular weight excluding hydrogens is 336 g/mol. The Morgan fingerprint density at radius 1 is 0.769 bits per heavy atom. The standard InChI is InChI=1S/C20H22O6/c1-4-23-18(21)20(3,19(22)24-5-2)26-17-13-11-16(12-14-17)25-15-9-7-6-8-10-15/h6-14H,4-5H2,1-3H3. The number of esters is 2. The number of hydrogen-bond acceptors (Lipinski definition) is 6. The van der Waals surface area contributed by atoms with Crippen molar-refractivity contribution in [3.05, 3.63) is 54.6 Å². The average molecular weight is 358 g/mol. The van der Waals surface area contributed by atoms with Gasteiger partial charge in [0, 0.05) is 0 Å². The van der Waals surface area contributed by atoms with Crippen molar-refractivity contribution in [2.24, 2.45) is 0 Å². The Bertz CT molecular complexity index is 706. The summed E-state index contributed by atoms with van der Waals surface area (Å²) in [6.45, 7) is 4.89. The summed E-state index contributed by atoms with van der Waals surface area (Å²) in [4.78, 5) is 24.4. The van der Waals surface area contributed by atoms with Gasteiger partial charge in [-0.3, -0.25) is 0 Å². The molecule has 138 valence electrons. The first-order chi connectivity index (χ1) is 12.5. The zero-order chi connectivity index (χ0) is 19.0. The predicted octanol–water partition coefficient (Wildman–Crippen LogP) is 3.74. The van der Waals surface area contributed by atoms with Crippen LogP contribution in [0, 0.1) is 0 Å². The summed E-state index contributed by atoms with van der Waals surface area (Å²) in [5.74, 6) is 0.00159. The molecule has 0 aliphatic heterocycles. The van der Waals surface area contributed by atoms with E-state index in [2.05, 4.69) is 0 Å². The summed E-state index contributed by atoms with van der Waals surface area (Å²) in [6.07, 6.45) is 0. The number of rotatable bonds is 8. The Hall–Kier alpha value is -3.02. The molecule has 0 fully saturated rings. The molecule has 2 aromatic rings. The summed E-state index contributed by atoms with van der Waals surface area (Å²) >= 11 is 0. The molecule has 0 unspecified atom stereocenters. The Labute approximate surface area is 152 Å². The fourth-order valence-electron chi connectivity index (χ4n) is 2.14. The molecule has 0 radical (unpaired) electrons. The topological polar surface area (TPSA) is 71.1 Å². The summed E-state index contributed by atoms with van der Waals surface area (Å²) in [5.41, 5.74) is -1.88. The van der Waals surface area contributed by atoms with Gasteiger partial charge in [-0.2, -0.15) is 0 Å². The van der Waals surface area contributed by atoms with Crippen LogP contribution in [0.3, 0.4) is 0 Å². The molecule has 0 amide bonds. The molecule has 0 heterocycles. The van der Waals surface area contributed by atoms with Crippen LogP contribution in [0.15, 0.2) is 54.6 Å². The number of ether oxygens (including phenoxy) is 4. The van der Waals surface area contributed by atoms with Crippen LogP contribution in [0.25, 0.3) is 0 Å². The molecule has 0 bridgehead atoms. The number of carbonyl (C=O) groups excluding carboxylic acids is 2. The highest BCUT2D eigenvalue weighted by Gasteiger charge is 2.47. The van der Waals surface area contributed by atoms with Crippen molar-refractivity contribution in [2.45, 2.75) is 26.4 Å². The van der Waals surface area contributed by atoms with E-state index in [0.717, 1.165) is 0 Å². The SMILES string of the molecule is CCOC(=O)C(C)(Oc1ccc(Oc2ccccc2)cc1)C(=O)OCC. The van der Waals surface area contributed by atoms with Crippen LogP contribution < -0.4 is 9.47 Å². The highest BCUT2D eigenvalue weighted by molar-refractivity contribution is 6.03. The summed E-state index contributed by atoms with van der Waals surface area (Å²) in [6, 6.07) is 15.9. The number of carbonyl (C=O) groups is 2. The minimum atomic E-state index is -1.88. The quantitative estimate of drug-likeness (QED) is 0.529. The van der Waals surface area contributed by atoms with Crippen molar-refractivity contribution in [3.63, 3.8) is 0 Å². The second-order valence-electron chi connectivity index (χ2n) is 5.46. The molecule has 0 N–H and O–H groups in total. The fourth-order valence-corrected chi connectivity index (χ4v) is 2.14. The zero-order valence-corrected chi connectivity index (χ0v) is 15.1. The van der Waals surface area contributed by atoms with Crippen molar-refractivity contribution < 1.29 is 28.5 Å². The highest BCUT2D eigenvalue weighted by Crippen LogP contribution is 2.26. The lowest BCUT2D eigenvalue weighted by Crippen LogP contribution is -2.51. The van der Waals surface area contributed by atoms with Crippen LogP contribution >= 0.6 is 0 Å². The zero-order valence-electron chi connectivity index (χ0n) is 15.1. The van der Waals surface area contributed by atoms with Gasteiger partial charge in [-0.15, -0.1) is 0 Å². The lowest BCUT2D eigenvalue weighted by molar-refractivity contribution is -0.177. The van der Waals surface area contributed by atoms with E-state index in [0.29, 0.717) is 17.2 Å². The predicted molar refractivity (Wildman–Crippen MR) is 95.3 cm³/mol. The minimum Gasteiger partial charge on any atom is -0.464 e. The summed E-state index contributed by atoms with van der Waals surface area (Å²) in [5, 5.41) is 0. The largest absolute Gasteiger partial charge is 0.464 e. The first kappa shape index (κ1) is 19.3. The van der Waals surface area contributed by atoms with E-state index >= 15 is 0 Å². The molecule has 0 atom stereocenters. The third-order valence-corrected chi connectivity index (χ3v) is 3.45. The van der Waals surface area contributed by atoms with E-state index in [1.165, 1.54) is 6.92 Å². The van der Waals surface area contributed by atoms with E-state index in [1.807, 2.05) is 30.3 Å². The van der Waals surface area contributed by atoms with Gasteiger partial charge >= 0.3 is 11.9 Å². The van der Waals surface area contributed by atoms with Crippen molar-refractivity contribution in [1.29, 1.82) is 0 Å². The molecule has 2 aromatic carbocycles. The van der Waals surface area contributed by atoms with Crippen molar-refractivity contribution in [3.8, 4) is 17.2 Å². The highest BCUT2D eigenvalue weighted by atomic mass is 16.6. The van der Waals surface area contributed by atoms with Gasteiger partial charge in [0.25, 0.3) is 5.60 Å². The maximum atomic E-state index is 12.2. The third kappa shape index (κ3) is 4.75. The summed E-state index contributed by atoms with van der Waals surface area (Å²) in [7, 11) is 0. The second kappa shape index (κ2) is 8.89. The molecule has 0 aromatic heterocycles. The van der Waals surface area contributed by atoms with Gasteiger partial charge < -0.3 is 18.9 Å². The van der Waals surface area contributed by atoms with E-state index in [9.17, 15) is 9.59 Å². The molecule has 0 saturated carbocycles. The van der Waals surface area contributed by atoms with Gasteiger partial charge in [-0.25, -0.2) is 9.59 Å².